The quantitative estimate of drug-likeness (QED) is 0.186. The average molecular weight is 667 g/mol. The van der Waals surface area contributed by atoms with Crippen molar-refractivity contribution in [3.05, 3.63) is 192 Å². The van der Waals surface area contributed by atoms with E-state index >= 15 is 0 Å². The van der Waals surface area contributed by atoms with Gasteiger partial charge >= 0.3 is 0 Å². The summed E-state index contributed by atoms with van der Waals surface area (Å²) >= 11 is 0. The summed E-state index contributed by atoms with van der Waals surface area (Å²) in [6.07, 6.45) is -2.12. The number of aliphatic hydroxyl groups is 2. The molecule has 0 spiro atoms. The minimum Gasteiger partial charge on any atom is -0.378 e. The summed E-state index contributed by atoms with van der Waals surface area (Å²) < 4.78 is 13.8. The molecule has 4 nitrogen and oxygen atoms in total. The molecule has 2 atom stereocenters. The van der Waals surface area contributed by atoms with Crippen LogP contribution in [0.15, 0.2) is 170 Å². The average Bonchev–Trinajstić information content (AvgIpc) is 3.52. The maximum absolute atomic E-state index is 13.7. The lowest BCUT2D eigenvalue weighted by molar-refractivity contribution is -0.172. The normalized spacial score (nSPS) is 17.8. The maximum atomic E-state index is 13.7. The third-order valence-electron chi connectivity index (χ3n) is 10.7. The zero-order chi connectivity index (χ0) is 34.8. The molecule has 8 aromatic rings. The fourth-order valence-electron chi connectivity index (χ4n) is 8.07. The Morgan fingerprint density at radius 3 is 0.863 bits per heavy atom. The summed E-state index contributed by atoms with van der Waals surface area (Å²) in [6.45, 7) is 3.70. The number of hydrogen-bond acceptors (Lipinski definition) is 4. The van der Waals surface area contributed by atoms with Gasteiger partial charge in [-0.05, 0) is 103 Å². The van der Waals surface area contributed by atoms with Gasteiger partial charge in [-0.15, -0.1) is 0 Å². The van der Waals surface area contributed by atoms with Crippen LogP contribution in [0.25, 0.3) is 43.1 Å². The summed E-state index contributed by atoms with van der Waals surface area (Å²) in [4.78, 5) is 0. The van der Waals surface area contributed by atoms with Crippen molar-refractivity contribution < 1.29 is 19.7 Å². The Morgan fingerprint density at radius 2 is 0.608 bits per heavy atom. The second-order valence-electron chi connectivity index (χ2n) is 14.3. The standard InChI is InChI=1S/C47H38O4/c1-45(2)50-43(46(48,39-23-19-31-11-3-7-15-35(31)27-39)40-24-20-32-12-4-8-16-36(32)28-40)44(51-45)47(49,41-25-21-33-13-5-9-17-37(33)29-41)42-26-22-34-14-6-10-18-38(34)30-42/h3-30,43-44,48-49H,1-2H3/t43-,44-/m1/s1. The summed E-state index contributed by atoms with van der Waals surface area (Å²) in [7, 11) is 0. The lowest BCUT2D eigenvalue weighted by Gasteiger charge is -2.43. The Balaban J connectivity index is 1.32. The fraction of sp³-hybridized carbons (Fsp3) is 0.149. The van der Waals surface area contributed by atoms with Gasteiger partial charge in [-0.25, -0.2) is 0 Å². The highest BCUT2D eigenvalue weighted by Crippen LogP contribution is 2.51. The zero-order valence-electron chi connectivity index (χ0n) is 28.5. The molecule has 2 N–H and O–H groups in total. The van der Waals surface area contributed by atoms with Gasteiger partial charge in [-0.3, -0.25) is 0 Å². The number of ether oxygens (including phenoxy) is 2. The van der Waals surface area contributed by atoms with Gasteiger partial charge in [0.25, 0.3) is 0 Å². The summed E-state index contributed by atoms with van der Waals surface area (Å²) in [6, 6.07) is 56.6. The van der Waals surface area contributed by atoms with Crippen molar-refractivity contribution in [2.45, 2.75) is 43.0 Å². The highest BCUT2D eigenvalue weighted by Gasteiger charge is 2.61. The molecule has 250 valence electrons. The maximum Gasteiger partial charge on any atom is 0.164 e. The molecular weight excluding hydrogens is 629 g/mol. The number of hydrogen-bond donors (Lipinski definition) is 2. The van der Waals surface area contributed by atoms with Gasteiger partial charge in [0.15, 0.2) is 5.79 Å². The molecular formula is C47H38O4. The van der Waals surface area contributed by atoms with Crippen molar-refractivity contribution in [3.8, 4) is 0 Å². The molecule has 0 saturated carbocycles. The zero-order valence-corrected chi connectivity index (χ0v) is 28.5. The Hall–Kier alpha value is -5.36. The molecule has 0 radical (unpaired) electrons. The van der Waals surface area contributed by atoms with Gasteiger partial charge in [-0.1, -0.05) is 146 Å². The summed E-state index contributed by atoms with van der Waals surface area (Å²) in [5.41, 5.74) is -0.930. The first kappa shape index (κ1) is 31.6. The monoisotopic (exact) mass is 666 g/mol. The molecule has 9 rings (SSSR count). The highest BCUT2D eigenvalue weighted by atomic mass is 16.8. The lowest BCUT2D eigenvalue weighted by atomic mass is 9.71. The molecule has 1 heterocycles. The highest BCUT2D eigenvalue weighted by molar-refractivity contribution is 5.87. The van der Waals surface area contributed by atoms with Gasteiger partial charge in [0, 0.05) is 0 Å². The number of benzene rings is 8. The molecule has 51 heavy (non-hydrogen) atoms. The van der Waals surface area contributed by atoms with E-state index in [-0.39, 0.29) is 0 Å². The van der Waals surface area contributed by atoms with Crippen LogP contribution in [0.1, 0.15) is 36.1 Å². The van der Waals surface area contributed by atoms with Gasteiger partial charge in [0.2, 0.25) is 0 Å². The second kappa shape index (κ2) is 11.9. The lowest BCUT2D eigenvalue weighted by Crippen LogP contribution is -2.55. The number of fused-ring (bicyclic) bond motifs is 4. The molecule has 0 unspecified atom stereocenters. The molecule has 0 amide bonds. The fourth-order valence-corrected chi connectivity index (χ4v) is 8.07. The van der Waals surface area contributed by atoms with Crippen LogP contribution >= 0.6 is 0 Å². The van der Waals surface area contributed by atoms with E-state index in [9.17, 15) is 10.2 Å². The van der Waals surface area contributed by atoms with Crippen LogP contribution < -0.4 is 0 Å². The van der Waals surface area contributed by atoms with Crippen molar-refractivity contribution >= 4 is 43.1 Å². The Labute approximate surface area is 297 Å². The van der Waals surface area contributed by atoms with E-state index in [1.54, 1.807) is 0 Å². The van der Waals surface area contributed by atoms with Crippen LogP contribution in [0.2, 0.25) is 0 Å². The minimum atomic E-state index is -1.76. The van der Waals surface area contributed by atoms with E-state index in [0.717, 1.165) is 43.1 Å². The minimum absolute atomic E-state index is 0.646. The van der Waals surface area contributed by atoms with Crippen LogP contribution in [-0.2, 0) is 20.7 Å². The van der Waals surface area contributed by atoms with Gasteiger partial charge in [0.05, 0.1) is 0 Å². The Morgan fingerprint density at radius 1 is 0.373 bits per heavy atom. The van der Waals surface area contributed by atoms with Crippen molar-refractivity contribution in [2.75, 3.05) is 0 Å². The van der Waals surface area contributed by atoms with E-state index in [1.165, 1.54) is 0 Å². The predicted molar refractivity (Wildman–Crippen MR) is 206 cm³/mol. The van der Waals surface area contributed by atoms with Crippen LogP contribution in [0.4, 0.5) is 0 Å². The van der Waals surface area contributed by atoms with Crippen molar-refractivity contribution in [3.63, 3.8) is 0 Å². The molecule has 0 bridgehead atoms. The predicted octanol–water partition coefficient (Wildman–Crippen LogP) is 9.99. The topological polar surface area (TPSA) is 58.9 Å². The van der Waals surface area contributed by atoms with E-state index in [0.29, 0.717) is 22.3 Å². The first-order valence-corrected chi connectivity index (χ1v) is 17.5. The molecule has 1 fully saturated rings. The summed E-state index contributed by atoms with van der Waals surface area (Å²) in [5.74, 6) is -1.15. The van der Waals surface area contributed by atoms with Crippen LogP contribution in [0.5, 0.6) is 0 Å². The Bertz CT molecular complexity index is 2250. The number of rotatable bonds is 6. The molecule has 1 aliphatic rings. The van der Waals surface area contributed by atoms with Gasteiger partial charge in [-0.2, -0.15) is 0 Å². The van der Waals surface area contributed by atoms with E-state index < -0.39 is 29.2 Å². The molecule has 4 heteroatoms. The van der Waals surface area contributed by atoms with Crippen molar-refractivity contribution in [2.24, 2.45) is 0 Å². The molecule has 0 aromatic heterocycles. The van der Waals surface area contributed by atoms with Gasteiger partial charge < -0.3 is 19.7 Å². The largest absolute Gasteiger partial charge is 0.378 e. The summed E-state index contributed by atoms with van der Waals surface area (Å²) in [5, 5.41) is 35.5. The SMILES string of the molecule is CC1(C)O[C@@H](C(O)(c2ccc3ccccc3c2)c2ccc3ccccc3c2)[C@H](C(O)(c2ccc3ccccc3c2)c2ccc3ccccc3c2)O1. The Kier molecular flexibility index (Phi) is 7.36. The second-order valence-corrected chi connectivity index (χ2v) is 14.3. The van der Waals surface area contributed by atoms with E-state index in [4.69, 9.17) is 9.47 Å². The van der Waals surface area contributed by atoms with Crippen molar-refractivity contribution in [1.29, 1.82) is 0 Å². The van der Waals surface area contributed by atoms with Crippen LogP contribution in [-0.4, -0.2) is 28.2 Å². The van der Waals surface area contributed by atoms with E-state index in [1.807, 2.05) is 159 Å². The molecule has 8 aromatic carbocycles. The van der Waals surface area contributed by atoms with Crippen molar-refractivity contribution in [1.82, 2.24) is 0 Å². The molecule has 1 saturated heterocycles. The van der Waals surface area contributed by atoms with Gasteiger partial charge in [0.1, 0.15) is 23.4 Å². The van der Waals surface area contributed by atoms with Crippen LogP contribution in [0, 0.1) is 0 Å². The molecule has 0 aliphatic carbocycles. The smallest absolute Gasteiger partial charge is 0.164 e. The third-order valence-corrected chi connectivity index (χ3v) is 10.7. The first-order valence-electron chi connectivity index (χ1n) is 17.5. The third kappa shape index (κ3) is 5.22. The van der Waals surface area contributed by atoms with E-state index in [2.05, 4.69) is 24.3 Å². The first-order chi connectivity index (χ1) is 24.7. The van der Waals surface area contributed by atoms with Crippen LogP contribution in [0.3, 0.4) is 0 Å². The molecule has 1 aliphatic heterocycles.